The Morgan fingerprint density at radius 2 is 1.67 bits per heavy atom. The van der Waals surface area contributed by atoms with Crippen LogP contribution in [-0.2, 0) is 16.4 Å². The van der Waals surface area contributed by atoms with Gasteiger partial charge >= 0.3 is 0 Å². The Balaban J connectivity index is 1.06. The molecule has 2 aliphatic heterocycles. The summed E-state index contributed by atoms with van der Waals surface area (Å²) in [5.74, 6) is -0.0277. The van der Waals surface area contributed by atoms with Gasteiger partial charge in [0.25, 0.3) is 11.8 Å². The van der Waals surface area contributed by atoms with Gasteiger partial charge in [-0.15, -0.1) is 0 Å². The molecule has 9 nitrogen and oxygen atoms in total. The number of aryl methyl sites for hydroxylation is 1. The summed E-state index contributed by atoms with van der Waals surface area (Å²) >= 11 is 0. The lowest BCUT2D eigenvalue weighted by atomic mass is 10.0. The van der Waals surface area contributed by atoms with Crippen molar-refractivity contribution in [3.8, 4) is 5.75 Å². The highest BCUT2D eigenvalue weighted by Gasteiger charge is 2.26. The number of rotatable bonds is 8. The second-order valence-corrected chi connectivity index (χ2v) is 13.5. The molecule has 228 valence electrons. The molecule has 2 saturated heterocycles. The summed E-state index contributed by atoms with van der Waals surface area (Å²) in [4.78, 5) is 34.4. The van der Waals surface area contributed by atoms with Crippen LogP contribution in [0, 0.1) is 12.7 Å². The first-order valence-electron chi connectivity index (χ1n) is 14.5. The van der Waals surface area contributed by atoms with Gasteiger partial charge in [-0.3, -0.25) is 19.5 Å². The van der Waals surface area contributed by atoms with E-state index in [1.807, 2.05) is 13.0 Å². The molecule has 3 aromatic rings. The van der Waals surface area contributed by atoms with Crippen LogP contribution < -0.4 is 10.1 Å². The van der Waals surface area contributed by atoms with E-state index in [0.717, 1.165) is 43.3 Å². The highest BCUT2D eigenvalue weighted by atomic mass is 32.2. The fraction of sp³-hybridized carbons (Fsp3) is 0.406. The predicted octanol–water partition coefficient (Wildman–Crippen LogP) is 4.01. The number of hydrogen-bond acceptors (Lipinski definition) is 7. The minimum absolute atomic E-state index is 0.0421. The lowest BCUT2D eigenvalue weighted by molar-refractivity contribution is 0.0589. The summed E-state index contributed by atoms with van der Waals surface area (Å²) in [7, 11) is -3.26. The largest absolute Gasteiger partial charge is 0.490 e. The van der Waals surface area contributed by atoms with Crippen molar-refractivity contribution in [2.24, 2.45) is 0 Å². The molecule has 11 heteroatoms. The van der Waals surface area contributed by atoms with Gasteiger partial charge in [-0.1, -0.05) is 6.07 Å². The van der Waals surface area contributed by atoms with Crippen LogP contribution >= 0.6 is 0 Å². The number of sulfone groups is 1. The fourth-order valence-corrected chi connectivity index (χ4v) is 6.25. The number of aromatic nitrogens is 1. The van der Waals surface area contributed by atoms with E-state index >= 15 is 0 Å². The molecule has 0 radical (unpaired) electrons. The van der Waals surface area contributed by atoms with E-state index < -0.39 is 9.84 Å². The molecule has 0 spiro atoms. The number of nitrogens with zero attached hydrogens (tertiary/aromatic N) is 3. The molecule has 0 bridgehead atoms. The van der Waals surface area contributed by atoms with Crippen LogP contribution in [0.5, 0.6) is 5.75 Å². The van der Waals surface area contributed by atoms with E-state index in [9.17, 15) is 22.4 Å². The van der Waals surface area contributed by atoms with Crippen LogP contribution in [0.25, 0.3) is 0 Å². The predicted molar refractivity (Wildman–Crippen MR) is 160 cm³/mol. The van der Waals surface area contributed by atoms with E-state index in [1.54, 1.807) is 35.2 Å². The molecule has 0 aliphatic carbocycles. The summed E-state index contributed by atoms with van der Waals surface area (Å²) < 4.78 is 43.0. The van der Waals surface area contributed by atoms with Crippen LogP contribution in [-0.4, -0.2) is 79.6 Å². The van der Waals surface area contributed by atoms with Gasteiger partial charge in [0.2, 0.25) is 0 Å². The summed E-state index contributed by atoms with van der Waals surface area (Å²) in [6.45, 7) is 5.20. The molecule has 2 amide bonds. The smallest absolute Gasteiger partial charge is 0.272 e. The maximum absolute atomic E-state index is 13.7. The van der Waals surface area contributed by atoms with Gasteiger partial charge < -0.3 is 15.0 Å². The Morgan fingerprint density at radius 3 is 2.28 bits per heavy atom. The number of piperidine rings is 2. The standard InChI is InChI=1S/C32H37FN4O5S/c1-22-17-23(19-25(33)18-22)21-36-13-9-26(10-14-36)35-31(38)24-3-8-30(34-20-24)32(39)37-15-11-28(12-16-37)42-27-4-6-29(7-5-27)43(2,40)41/h3-8,17-20,26,28H,9-16,21H2,1-2H3,(H,35,38). The average Bonchev–Trinajstić information content (AvgIpc) is 2.97. The first-order chi connectivity index (χ1) is 20.5. The number of likely N-dealkylation sites (tertiary alicyclic amines) is 2. The first kappa shape index (κ1) is 30.6. The summed E-state index contributed by atoms with van der Waals surface area (Å²) in [6.07, 6.45) is 5.41. The third kappa shape index (κ3) is 8.17. The zero-order valence-electron chi connectivity index (χ0n) is 24.5. The van der Waals surface area contributed by atoms with Gasteiger partial charge in [-0.05, 0) is 79.4 Å². The monoisotopic (exact) mass is 608 g/mol. The van der Waals surface area contributed by atoms with Gasteiger partial charge in [0.05, 0.1) is 10.5 Å². The van der Waals surface area contributed by atoms with Gasteiger partial charge in [-0.25, -0.2) is 12.8 Å². The Labute approximate surface area is 252 Å². The molecule has 1 aromatic heterocycles. The molecule has 5 rings (SSSR count). The second kappa shape index (κ2) is 13.2. The second-order valence-electron chi connectivity index (χ2n) is 11.4. The number of carbonyl (C=O) groups is 2. The molecule has 43 heavy (non-hydrogen) atoms. The van der Waals surface area contributed by atoms with Crippen molar-refractivity contribution in [3.63, 3.8) is 0 Å². The number of pyridine rings is 1. The molecule has 3 heterocycles. The number of halogens is 1. The maximum atomic E-state index is 13.7. The first-order valence-corrected chi connectivity index (χ1v) is 16.4. The van der Waals surface area contributed by atoms with Crippen molar-refractivity contribution in [2.75, 3.05) is 32.4 Å². The Morgan fingerprint density at radius 1 is 0.977 bits per heavy atom. The third-order valence-electron chi connectivity index (χ3n) is 7.96. The molecule has 2 aromatic carbocycles. The third-order valence-corrected chi connectivity index (χ3v) is 9.09. The van der Waals surface area contributed by atoms with Crippen LogP contribution in [0.4, 0.5) is 4.39 Å². The van der Waals surface area contributed by atoms with Gasteiger partial charge in [0.15, 0.2) is 9.84 Å². The fourth-order valence-electron chi connectivity index (χ4n) is 5.62. The maximum Gasteiger partial charge on any atom is 0.272 e. The quantitative estimate of drug-likeness (QED) is 0.412. The Bertz CT molecular complexity index is 1530. The van der Waals surface area contributed by atoms with Gasteiger partial charge in [0, 0.05) is 64.1 Å². The molecular formula is C32H37FN4O5S. The highest BCUT2D eigenvalue weighted by molar-refractivity contribution is 7.90. The van der Waals surface area contributed by atoms with Crippen LogP contribution in [0.2, 0.25) is 0 Å². The number of carbonyl (C=O) groups excluding carboxylic acids is 2. The molecular weight excluding hydrogens is 571 g/mol. The Hall–Kier alpha value is -3.83. The summed E-state index contributed by atoms with van der Waals surface area (Å²) in [5.41, 5.74) is 2.56. The number of amides is 2. The Kier molecular flexibility index (Phi) is 9.41. The van der Waals surface area contributed by atoms with Crippen molar-refractivity contribution < 1.29 is 27.1 Å². The van der Waals surface area contributed by atoms with E-state index in [4.69, 9.17) is 4.74 Å². The van der Waals surface area contributed by atoms with Crippen LogP contribution in [0.15, 0.2) is 65.7 Å². The van der Waals surface area contributed by atoms with Crippen LogP contribution in [0.1, 0.15) is 57.7 Å². The van der Waals surface area contributed by atoms with Crippen molar-refractivity contribution >= 4 is 21.7 Å². The lowest BCUT2D eigenvalue weighted by Crippen LogP contribution is -2.44. The summed E-state index contributed by atoms with van der Waals surface area (Å²) in [6, 6.07) is 14.7. The van der Waals surface area contributed by atoms with Crippen molar-refractivity contribution in [1.82, 2.24) is 20.1 Å². The average molecular weight is 609 g/mol. The molecule has 0 unspecified atom stereocenters. The van der Waals surface area contributed by atoms with E-state index in [0.29, 0.717) is 43.8 Å². The van der Waals surface area contributed by atoms with E-state index in [-0.39, 0.29) is 40.4 Å². The molecule has 0 atom stereocenters. The molecule has 2 fully saturated rings. The minimum atomic E-state index is -3.26. The number of hydrogen-bond donors (Lipinski definition) is 1. The summed E-state index contributed by atoms with van der Waals surface area (Å²) in [5, 5.41) is 3.08. The molecule has 1 N–H and O–H groups in total. The topological polar surface area (TPSA) is 109 Å². The zero-order valence-corrected chi connectivity index (χ0v) is 25.3. The van der Waals surface area contributed by atoms with Crippen LogP contribution in [0.3, 0.4) is 0 Å². The molecule has 2 aliphatic rings. The van der Waals surface area contributed by atoms with Gasteiger partial charge in [-0.2, -0.15) is 0 Å². The van der Waals surface area contributed by atoms with Gasteiger partial charge in [0.1, 0.15) is 23.4 Å². The number of benzene rings is 2. The lowest BCUT2D eigenvalue weighted by Gasteiger charge is -2.32. The molecule has 0 saturated carbocycles. The number of nitrogens with one attached hydrogen (secondary N) is 1. The normalized spacial score (nSPS) is 17.0. The SMILES string of the molecule is Cc1cc(F)cc(CN2CCC(NC(=O)c3ccc(C(=O)N4CCC(Oc5ccc(S(C)(=O)=O)cc5)CC4)nc3)CC2)c1. The van der Waals surface area contributed by atoms with Crippen molar-refractivity contribution in [1.29, 1.82) is 0 Å². The minimum Gasteiger partial charge on any atom is -0.490 e. The number of ether oxygens (including phenoxy) is 1. The van der Waals surface area contributed by atoms with Crippen molar-refractivity contribution in [3.05, 3.63) is 89.0 Å². The van der Waals surface area contributed by atoms with E-state index in [1.165, 1.54) is 24.4 Å². The highest BCUT2D eigenvalue weighted by Crippen LogP contribution is 2.22. The zero-order chi connectivity index (χ0) is 30.6. The van der Waals surface area contributed by atoms with Crippen molar-refractivity contribution in [2.45, 2.75) is 56.2 Å². The van der Waals surface area contributed by atoms with E-state index in [2.05, 4.69) is 15.2 Å².